The fourth-order valence-corrected chi connectivity index (χ4v) is 3.85. The van der Waals surface area contributed by atoms with Crippen LogP contribution in [0.4, 0.5) is 0 Å². The number of hydrogen-bond donors (Lipinski definition) is 1. The Kier molecular flexibility index (Phi) is 5.30. The van der Waals surface area contributed by atoms with Gasteiger partial charge in [0.1, 0.15) is 11.4 Å². The van der Waals surface area contributed by atoms with E-state index in [0.717, 1.165) is 28.2 Å². The minimum absolute atomic E-state index is 0.0232. The molecule has 3 nitrogen and oxygen atoms in total. The van der Waals surface area contributed by atoms with Gasteiger partial charge in [0, 0.05) is 21.9 Å². The van der Waals surface area contributed by atoms with Crippen LogP contribution in [0, 0.1) is 6.92 Å². The molecule has 0 unspecified atom stereocenters. The Morgan fingerprint density at radius 1 is 1.28 bits per heavy atom. The van der Waals surface area contributed by atoms with Gasteiger partial charge < -0.3 is 10.1 Å². The van der Waals surface area contributed by atoms with Gasteiger partial charge in [-0.2, -0.15) is 0 Å². The molecule has 0 aliphatic carbocycles. The molecule has 0 fully saturated rings. The fraction of sp³-hybridized carbons (Fsp3) is 0.350. The van der Waals surface area contributed by atoms with E-state index in [0.29, 0.717) is 10.8 Å². The highest BCUT2D eigenvalue weighted by molar-refractivity contribution is 8.00. The predicted molar refractivity (Wildman–Crippen MR) is 104 cm³/mol. The van der Waals surface area contributed by atoms with Gasteiger partial charge in [0.15, 0.2) is 0 Å². The molecule has 1 atom stereocenters. The summed E-state index contributed by atoms with van der Waals surface area (Å²) in [5, 5.41) is 3.87. The minimum atomic E-state index is -0.302. The zero-order valence-electron chi connectivity index (χ0n) is 14.6. The summed E-state index contributed by atoms with van der Waals surface area (Å²) in [6, 6.07) is 13.6. The molecule has 3 rings (SSSR count). The maximum Gasteiger partial charge on any atom is 0.230 e. The lowest BCUT2D eigenvalue weighted by atomic mass is 9.89. The molecule has 2 aromatic carbocycles. The van der Waals surface area contributed by atoms with Crippen molar-refractivity contribution in [2.45, 2.75) is 43.7 Å². The van der Waals surface area contributed by atoms with E-state index in [1.165, 1.54) is 11.8 Å². The minimum Gasteiger partial charge on any atom is -0.487 e. The largest absolute Gasteiger partial charge is 0.487 e. The van der Waals surface area contributed by atoms with Gasteiger partial charge in [0.05, 0.1) is 11.8 Å². The van der Waals surface area contributed by atoms with Crippen LogP contribution in [0.5, 0.6) is 5.75 Å². The number of aryl methyl sites for hydroxylation is 1. The molecule has 2 aromatic rings. The van der Waals surface area contributed by atoms with Gasteiger partial charge in [0.2, 0.25) is 5.91 Å². The zero-order chi connectivity index (χ0) is 18.0. The van der Waals surface area contributed by atoms with Crippen LogP contribution < -0.4 is 10.1 Å². The Balaban J connectivity index is 1.68. The third-order valence-corrected chi connectivity index (χ3v) is 5.41. The molecular formula is C20H22ClNO2S. The normalized spacial score (nSPS) is 18.2. The molecule has 1 N–H and O–H groups in total. The molecule has 1 amide bonds. The van der Waals surface area contributed by atoms with Crippen LogP contribution >= 0.6 is 23.4 Å². The lowest BCUT2D eigenvalue weighted by Gasteiger charge is -2.38. The molecule has 0 saturated carbocycles. The molecular weight excluding hydrogens is 354 g/mol. The van der Waals surface area contributed by atoms with Gasteiger partial charge in [-0.15, -0.1) is 11.8 Å². The first kappa shape index (κ1) is 18.2. The van der Waals surface area contributed by atoms with Crippen molar-refractivity contribution < 1.29 is 9.53 Å². The SMILES string of the molecule is Cc1ccc2c(c1)[C@@H](NC(=O)CSc1ccc(Cl)cc1)CC(C)(C)O2. The van der Waals surface area contributed by atoms with E-state index in [9.17, 15) is 4.79 Å². The Labute approximate surface area is 158 Å². The molecule has 1 aliphatic rings. The van der Waals surface area contributed by atoms with Crippen LogP contribution in [0.15, 0.2) is 47.4 Å². The number of ether oxygens (including phenoxy) is 1. The molecule has 0 bridgehead atoms. The van der Waals surface area contributed by atoms with Gasteiger partial charge in [-0.1, -0.05) is 29.3 Å². The number of nitrogens with one attached hydrogen (secondary N) is 1. The Hall–Kier alpha value is -1.65. The van der Waals surface area contributed by atoms with Crippen molar-refractivity contribution >= 4 is 29.3 Å². The van der Waals surface area contributed by atoms with Crippen LogP contribution in [-0.4, -0.2) is 17.3 Å². The lowest BCUT2D eigenvalue weighted by Crippen LogP contribution is -2.41. The Morgan fingerprint density at radius 3 is 2.72 bits per heavy atom. The molecule has 0 saturated heterocycles. The maximum atomic E-state index is 12.5. The van der Waals surface area contributed by atoms with Gasteiger partial charge in [-0.3, -0.25) is 4.79 Å². The summed E-state index contributed by atoms with van der Waals surface area (Å²) >= 11 is 7.40. The Morgan fingerprint density at radius 2 is 2.00 bits per heavy atom. The van der Waals surface area contributed by atoms with Gasteiger partial charge in [-0.05, 0) is 51.1 Å². The number of amides is 1. The zero-order valence-corrected chi connectivity index (χ0v) is 16.2. The molecule has 1 aliphatic heterocycles. The standard InChI is InChI=1S/C20H22ClNO2S/c1-13-4-9-18-16(10-13)17(11-20(2,3)24-18)22-19(23)12-25-15-7-5-14(21)6-8-15/h4-10,17H,11-12H2,1-3H3,(H,22,23)/t17-/m0/s1. The van der Waals surface area contributed by atoms with Crippen molar-refractivity contribution in [2.75, 3.05) is 5.75 Å². The first-order valence-corrected chi connectivity index (χ1v) is 9.66. The first-order chi connectivity index (χ1) is 11.8. The smallest absolute Gasteiger partial charge is 0.230 e. The quantitative estimate of drug-likeness (QED) is 0.750. The van der Waals surface area contributed by atoms with Crippen LogP contribution in [0.2, 0.25) is 5.02 Å². The topological polar surface area (TPSA) is 38.3 Å². The van der Waals surface area contributed by atoms with E-state index in [2.05, 4.69) is 32.2 Å². The molecule has 132 valence electrons. The summed E-state index contributed by atoms with van der Waals surface area (Å²) in [5.41, 5.74) is 1.92. The molecule has 0 radical (unpaired) electrons. The highest BCUT2D eigenvalue weighted by atomic mass is 35.5. The van der Waals surface area contributed by atoms with Crippen molar-refractivity contribution in [3.8, 4) is 5.75 Å². The van der Waals surface area contributed by atoms with Gasteiger partial charge >= 0.3 is 0 Å². The van der Waals surface area contributed by atoms with E-state index in [4.69, 9.17) is 16.3 Å². The third kappa shape index (κ3) is 4.71. The summed E-state index contributed by atoms with van der Waals surface area (Å²) < 4.78 is 6.06. The van der Waals surface area contributed by atoms with Crippen LogP contribution in [0.3, 0.4) is 0 Å². The number of benzene rings is 2. The number of halogens is 1. The van der Waals surface area contributed by atoms with E-state index in [1.54, 1.807) is 0 Å². The van der Waals surface area contributed by atoms with E-state index >= 15 is 0 Å². The van der Waals surface area contributed by atoms with E-state index in [-0.39, 0.29) is 17.6 Å². The number of hydrogen-bond acceptors (Lipinski definition) is 3. The summed E-state index contributed by atoms with van der Waals surface area (Å²) in [6.07, 6.45) is 0.751. The average molecular weight is 376 g/mol. The summed E-state index contributed by atoms with van der Waals surface area (Å²) in [7, 11) is 0. The van der Waals surface area contributed by atoms with E-state index in [1.807, 2.05) is 36.4 Å². The molecule has 5 heteroatoms. The summed E-state index contributed by atoms with van der Waals surface area (Å²) in [6.45, 7) is 6.16. The number of carbonyl (C=O) groups is 1. The van der Waals surface area contributed by atoms with Gasteiger partial charge in [-0.25, -0.2) is 0 Å². The van der Waals surface area contributed by atoms with Crippen LogP contribution in [-0.2, 0) is 4.79 Å². The maximum absolute atomic E-state index is 12.5. The lowest BCUT2D eigenvalue weighted by molar-refractivity contribution is -0.119. The van der Waals surface area contributed by atoms with Crippen molar-refractivity contribution in [3.05, 3.63) is 58.6 Å². The average Bonchev–Trinajstić information content (AvgIpc) is 2.54. The molecule has 25 heavy (non-hydrogen) atoms. The monoisotopic (exact) mass is 375 g/mol. The number of thioether (sulfide) groups is 1. The fourth-order valence-electron chi connectivity index (χ4n) is 3.02. The van der Waals surface area contributed by atoms with Crippen molar-refractivity contribution in [2.24, 2.45) is 0 Å². The van der Waals surface area contributed by atoms with Crippen molar-refractivity contribution in [1.29, 1.82) is 0 Å². The van der Waals surface area contributed by atoms with Crippen LogP contribution in [0.25, 0.3) is 0 Å². The molecule has 0 spiro atoms. The van der Waals surface area contributed by atoms with E-state index < -0.39 is 0 Å². The highest BCUT2D eigenvalue weighted by Crippen LogP contribution is 2.39. The molecule has 0 aromatic heterocycles. The summed E-state index contributed by atoms with van der Waals surface area (Å²) in [4.78, 5) is 13.5. The number of fused-ring (bicyclic) bond motifs is 1. The highest BCUT2D eigenvalue weighted by Gasteiger charge is 2.34. The van der Waals surface area contributed by atoms with Gasteiger partial charge in [0.25, 0.3) is 0 Å². The van der Waals surface area contributed by atoms with Crippen molar-refractivity contribution in [1.82, 2.24) is 5.32 Å². The predicted octanol–water partition coefficient (Wildman–Crippen LogP) is 5.16. The Bertz CT molecular complexity index is 774. The first-order valence-electron chi connectivity index (χ1n) is 8.30. The second kappa shape index (κ2) is 7.30. The van der Waals surface area contributed by atoms with Crippen LogP contribution in [0.1, 0.15) is 37.4 Å². The number of rotatable bonds is 4. The second-order valence-electron chi connectivity index (χ2n) is 6.97. The molecule has 1 heterocycles. The number of carbonyl (C=O) groups excluding carboxylic acids is 1. The summed E-state index contributed by atoms with van der Waals surface area (Å²) in [5.74, 6) is 1.26. The second-order valence-corrected chi connectivity index (χ2v) is 8.46. The third-order valence-electron chi connectivity index (χ3n) is 4.14. The van der Waals surface area contributed by atoms with Crippen molar-refractivity contribution in [3.63, 3.8) is 0 Å².